The van der Waals surface area contributed by atoms with Crippen molar-refractivity contribution in [2.45, 2.75) is 12.8 Å². The highest BCUT2D eigenvalue weighted by Crippen LogP contribution is 2.35. The number of methoxy groups -OCH3 is 2. The Labute approximate surface area is 164 Å². The van der Waals surface area contributed by atoms with Gasteiger partial charge in [0.15, 0.2) is 11.5 Å². The van der Waals surface area contributed by atoms with Crippen LogP contribution in [0, 0.1) is 5.92 Å². The van der Waals surface area contributed by atoms with Crippen LogP contribution in [0.2, 0.25) is 0 Å². The zero-order chi connectivity index (χ0) is 19.5. The van der Waals surface area contributed by atoms with Crippen LogP contribution in [0.25, 0.3) is 10.9 Å². The highest BCUT2D eigenvalue weighted by Gasteiger charge is 2.30. The Balaban J connectivity index is 1.51. The lowest BCUT2D eigenvalue weighted by Crippen LogP contribution is -2.47. The fraction of sp³-hybridized carbons (Fsp3) is 0.550. The summed E-state index contributed by atoms with van der Waals surface area (Å²) in [4.78, 5) is 25.8. The lowest BCUT2D eigenvalue weighted by atomic mass is 9.95. The predicted octanol–water partition coefficient (Wildman–Crippen LogP) is 1.72. The van der Waals surface area contributed by atoms with Gasteiger partial charge in [0.2, 0.25) is 5.91 Å². The Bertz CT molecular complexity index is 845. The van der Waals surface area contributed by atoms with Gasteiger partial charge < -0.3 is 24.0 Å². The smallest absolute Gasteiger partial charge is 0.225 e. The molecule has 3 heterocycles. The van der Waals surface area contributed by atoms with Gasteiger partial charge in [-0.2, -0.15) is 0 Å². The number of hydrogen-bond donors (Lipinski definition) is 0. The molecule has 0 unspecified atom stereocenters. The van der Waals surface area contributed by atoms with Crippen LogP contribution in [0.15, 0.2) is 18.5 Å². The van der Waals surface area contributed by atoms with Crippen LogP contribution in [0.3, 0.4) is 0 Å². The van der Waals surface area contributed by atoms with Crippen LogP contribution < -0.4 is 14.4 Å². The monoisotopic (exact) mass is 386 g/mol. The molecule has 2 aliphatic rings. The van der Waals surface area contributed by atoms with Gasteiger partial charge in [-0.15, -0.1) is 0 Å². The topological polar surface area (TPSA) is 77.0 Å². The quantitative estimate of drug-likeness (QED) is 0.792. The molecule has 8 nitrogen and oxygen atoms in total. The largest absolute Gasteiger partial charge is 0.493 e. The second-order valence-electron chi connectivity index (χ2n) is 7.12. The number of amides is 1. The molecule has 0 radical (unpaired) electrons. The number of aromatic nitrogens is 2. The third-order valence-electron chi connectivity index (χ3n) is 5.59. The normalized spacial score (nSPS) is 18.4. The minimum absolute atomic E-state index is 0.0806. The van der Waals surface area contributed by atoms with Gasteiger partial charge >= 0.3 is 0 Å². The van der Waals surface area contributed by atoms with Crippen molar-refractivity contribution in [2.75, 3.05) is 58.5 Å². The van der Waals surface area contributed by atoms with Gasteiger partial charge in [0.25, 0.3) is 0 Å². The van der Waals surface area contributed by atoms with Gasteiger partial charge in [-0.05, 0) is 18.9 Å². The van der Waals surface area contributed by atoms with Gasteiger partial charge in [-0.25, -0.2) is 9.97 Å². The Morgan fingerprint density at radius 2 is 1.71 bits per heavy atom. The molecule has 2 saturated heterocycles. The molecular formula is C20H26N4O4. The summed E-state index contributed by atoms with van der Waals surface area (Å²) in [6.07, 6.45) is 3.23. The summed E-state index contributed by atoms with van der Waals surface area (Å²) < 4.78 is 16.2. The molecular weight excluding hydrogens is 360 g/mol. The molecule has 2 fully saturated rings. The second kappa shape index (κ2) is 8.18. The summed E-state index contributed by atoms with van der Waals surface area (Å²) >= 11 is 0. The number of rotatable bonds is 4. The van der Waals surface area contributed by atoms with Crippen LogP contribution in [0.5, 0.6) is 11.5 Å². The first kappa shape index (κ1) is 18.7. The molecule has 1 amide bonds. The third-order valence-corrected chi connectivity index (χ3v) is 5.59. The van der Waals surface area contributed by atoms with Gasteiger partial charge in [-0.3, -0.25) is 4.79 Å². The van der Waals surface area contributed by atoms with E-state index in [4.69, 9.17) is 14.2 Å². The van der Waals surface area contributed by atoms with Crippen molar-refractivity contribution in [2.24, 2.45) is 5.92 Å². The zero-order valence-corrected chi connectivity index (χ0v) is 16.4. The van der Waals surface area contributed by atoms with Crippen LogP contribution in [0.4, 0.5) is 5.82 Å². The summed E-state index contributed by atoms with van der Waals surface area (Å²) in [5, 5.41) is 0.929. The van der Waals surface area contributed by atoms with E-state index in [0.717, 1.165) is 42.7 Å². The lowest BCUT2D eigenvalue weighted by Gasteiger charge is -2.36. The minimum atomic E-state index is 0.0806. The maximum absolute atomic E-state index is 12.8. The summed E-state index contributed by atoms with van der Waals surface area (Å²) in [5.41, 5.74) is 0.814. The average Bonchev–Trinajstić information content (AvgIpc) is 2.77. The van der Waals surface area contributed by atoms with E-state index in [2.05, 4.69) is 14.9 Å². The van der Waals surface area contributed by atoms with E-state index in [-0.39, 0.29) is 11.8 Å². The highest BCUT2D eigenvalue weighted by molar-refractivity contribution is 5.92. The number of carbonyl (C=O) groups is 1. The SMILES string of the molecule is COc1cc2ncnc(N3CCC(C(=O)N4CCOCC4)CC3)c2cc1OC. The van der Waals surface area contributed by atoms with Crippen LogP contribution in [0.1, 0.15) is 12.8 Å². The maximum Gasteiger partial charge on any atom is 0.225 e. The molecule has 2 aliphatic heterocycles. The van der Waals surface area contributed by atoms with Gasteiger partial charge in [0, 0.05) is 43.5 Å². The van der Waals surface area contributed by atoms with Crippen molar-refractivity contribution in [3.8, 4) is 11.5 Å². The number of morpholine rings is 1. The molecule has 1 aromatic heterocycles. The molecule has 0 saturated carbocycles. The molecule has 2 aromatic rings. The molecule has 150 valence electrons. The number of fused-ring (bicyclic) bond motifs is 1. The molecule has 0 N–H and O–H groups in total. The first-order valence-corrected chi connectivity index (χ1v) is 9.69. The van der Waals surface area contributed by atoms with Crippen LogP contribution in [-0.4, -0.2) is 74.4 Å². The Morgan fingerprint density at radius 1 is 1.04 bits per heavy atom. The predicted molar refractivity (Wildman–Crippen MR) is 105 cm³/mol. The minimum Gasteiger partial charge on any atom is -0.493 e. The number of anilines is 1. The number of ether oxygens (including phenoxy) is 3. The highest BCUT2D eigenvalue weighted by atomic mass is 16.5. The van der Waals surface area contributed by atoms with Crippen molar-refractivity contribution < 1.29 is 19.0 Å². The number of carbonyl (C=O) groups excluding carboxylic acids is 1. The molecule has 0 bridgehead atoms. The standard InChI is InChI=1S/C20H26N4O4/c1-26-17-11-15-16(12-18(17)27-2)21-13-22-19(15)23-5-3-14(4-6-23)20(25)24-7-9-28-10-8-24/h11-14H,3-10H2,1-2H3. The zero-order valence-electron chi connectivity index (χ0n) is 16.4. The fourth-order valence-corrected chi connectivity index (χ4v) is 4.00. The molecule has 0 aliphatic carbocycles. The first-order valence-electron chi connectivity index (χ1n) is 9.69. The molecule has 28 heavy (non-hydrogen) atoms. The van der Waals surface area contributed by atoms with Gasteiger partial charge in [-0.1, -0.05) is 0 Å². The maximum atomic E-state index is 12.8. The fourth-order valence-electron chi connectivity index (χ4n) is 4.00. The van der Waals surface area contributed by atoms with Crippen molar-refractivity contribution in [1.82, 2.24) is 14.9 Å². The average molecular weight is 386 g/mol. The Morgan fingerprint density at radius 3 is 2.39 bits per heavy atom. The van der Waals surface area contributed by atoms with E-state index in [0.29, 0.717) is 37.8 Å². The number of nitrogens with zero attached hydrogens (tertiary/aromatic N) is 4. The van der Waals surface area contributed by atoms with E-state index in [1.165, 1.54) is 0 Å². The van der Waals surface area contributed by atoms with E-state index >= 15 is 0 Å². The second-order valence-corrected chi connectivity index (χ2v) is 7.12. The summed E-state index contributed by atoms with van der Waals surface area (Å²) in [7, 11) is 3.23. The van der Waals surface area contributed by atoms with Crippen LogP contribution >= 0.6 is 0 Å². The van der Waals surface area contributed by atoms with Gasteiger partial charge in [0.05, 0.1) is 33.0 Å². The van der Waals surface area contributed by atoms with Crippen molar-refractivity contribution in [3.63, 3.8) is 0 Å². The molecule has 4 rings (SSSR count). The summed E-state index contributed by atoms with van der Waals surface area (Å²) in [6, 6.07) is 3.79. The van der Waals surface area contributed by atoms with Crippen LogP contribution in [-0.2, 0) is 9.53 Å². The van der Waals surface area contributed by atoms with Gasteiger partial charge in [0.1, 0.15) is 12.1 Å². The summed E-state index contributed by atoms with van der Waals surface area (Å²) in [5.74, 6) is 2.53. The van der Waals surface area contributed by atoms with E-state index in [9.17, 15) is 4.79 Å². The number of hydrogen-bond acceptors (Lipinski definition) is 7. The first-order chi connectivity index (χ1) is 13.7. The summed E-state index contributed by atoms with van der Waals surface area (Å²) in [6.45, 7) is 4.28. The Hall–Kier alpha value is -2.61. The number of benzene rings is 1. The Kier molecular flexibility index (Phi) is 5.47. The molecule has 1 aromatic carbocycles. The third kappa shape index (κ3) is 3.56. The van der Waals surface area contributed by atoms with E-state index in [1.807, 2.05) is 17.0 Å². The molecule has 8 heteroatoms. The lowest BCUT2D eigenvalue weighted by molar-refractivity contribution is -0.140. The van der Waals surface area contributed by atoms with E-state index in [1.54, 1.807) is 20.5 Å². The van der Waals surface area contributed by atoms with Crippen molar-refractivity contribution in [1.29, 1.82) is 0 Å². The van der Waals surface area contributed by atoms with Crippen molar-refractivity contribution >= 4 is 22.6 Å². The van der Waals surface area contributed by atoms with Crippen molar-refractivity contribution in [3.05, 3.63) is 18.5 Å². The number of piperidine rings is 1. The molecule has 0 atom stereocenters. The van der Waals surface area contributed by atoms with E-state index < -0.39 is 0 Å². The molecule has 0 spiro atoms.